The van der Waals surface area contributed by atoms with Gasteiger partial charge in [-0.15, -0.1) is 11.3 Å². The monoisotopic (exact) mass is 232 g/mol. The molecule has 16 heavy (non-hydrogen) atoms. The Balaban J connectivity index is 2.06. The molecule has 1 aliphatic rings. The summed E-state index contributed by atoms with van der Waals surface area (Å²) in [5.41, 5.74) is 0. The molecule has 84 valence electrons. The predicted molar refractivity (Wildman–Crippen MR) is 69.9 cm³/mol. The summed E-state index contributed by atoms with van der Waals surface area (Å²) >= 11 is 1.85. The number of thiophene rings is 1. The molecule has 0 unspecified atom stereocenters. The smallest absolute Gasteiger partial charge is 0.0434 e. The minimum Gasteiger partial charge on any atom is -0.396 e. The summed E-state index contributed by atoms with van der Waals surface area (Å²) in [5, 5.41) is 8.79. The summed E-state index contributed by atoms with van der Waals surface area (Å²) < 4.78 is 0. The molecule has 2 rings (SSSR count). The van der Waals surface area contributed by atoms with Crippen LogP contribution in [0.15, 0.2) is 48.6 Å². The minimum atomic E-state index is 0.278. The van der Waals surface area contributed by atoms with Crippen LogP contribution < -0.4 is 0 Å². The fourth-order valence-corrected chi connectivity index (χ4v) is 2.83. The first-order valence-corrected chi connectivity index (χ1v) is 6.43. The number of aryl methyl sites for hydroxylation is 1. The Hall–Kier alpha value is -1.12. The fraction of sp³-hybridized carbons (Fsp3) is 0.286. The van der Waals surface area contributed by atoms with Gasteiger partial charge in [0, 0.05) is 22.3 Å². The van der Waals surface area contributed by atoms with Crippen LogP contribution in [-0.2, 0) is 6.42 Å². The molecular weight excluding hydrogens is 216 g/mol. The Labute approximate surface area is 100 Å². The van der Waals surface area contributed by atoms with Gasteiger partial charge in [0.15, 0.2) is 0 Å². The number of hydrogen-bond donors (Lipinski definition) is 1. The van der Waals surface area contributed by atoms with Gasteiger partial charge in [-0.25, -0.2) is 0 Å². The van der Waals surface area contributed by atoms with Crippen LogP contribution in [0.5, 0.6) is 0 Å². The quantitative estimate of drug-likeness (QED) is 0.843. The molecule has 0 atom stereocenters. The lowest BCUT2D eigenvalue weighted by Crippen LogP contribution is -1.86. The van der Waals surface area contributed by atoms with Gasteiger partial charge in [0.2, 0.25) is 0 Å². The van der Waals surface area contributed by atoms with Gasteiger partial charge in [-0.2, -0.15) is 0 Å². The molecule has 0 saturated carbocycles. The lowest BCUT2D eigenvalue weighted by molar-refractivity contribution is 0.289. The Morgan fingerprint density at radius 1 is 1.06 bits per heavy atom. The van der Waals surface area contributed by atoms with Crippen LogP contribution in [0.4, 0.5) is 0 Å². The van der Waals surface area contributed by atoms with E-state index in [-0.39, 0.29) is 6.61 Å². The normalized spacial score (nSPS) is 15.6. The summed E-state index contributed by atoms with van der Waals surface area (Å²) in [5.74, 6) is 0.405. The molecule has 0 radical (unpaired) electrons. The average molecular weight is 232 g/mol. The highest BCUT2D eigenvalue weighted by molar-refractivity contribution is 7.12. The van der Waals surface area contributed by atoms with Gasteiger partial charge in [-0.1, -0.05) is 36.5 Å². The molecule has 2 heteroatoms. The van der Waals surface area contributed by atoms with Crippen molar-refractivity contribution in [3.63, 3.8) is 0 Å². The first-order valence-electron chi connectivity index (χ1n) is 5.61. The Bertz CT molecular complexity index is 396. The lowest BCUT2D eigenvalue weighted by atomic mass is 10.1. The maximum absolute atomic E-state index is 8.79. The van der Waals surface area contributed by atoms with Gasteiger partial charge in [0.05, 0.1) is 0 Å². The maximum Gasteiger partial charge on any atom is 0.0434 e. The third-order valence-corrected chi connectivity index (χ3v) is 3.81. The third-order valence-electron chi connectivity index (χ3n) is 2.56. The third kappa shape index (κ3) is 2.94. The summed E-state index contributed by atoms with van der Waals surface area (Å²) in [6.45, 7) is 0.278. The standard InChI is InChI=1S/C14H16OS/c15-11-5-8-13-9-10-14(16-13)12-6-3-1-2-4-7-12/h1-4,6-7,9-10,12,15H,5,8,11H2. The highest BCUT2D eigenvalue weighted by Crippen LogP contribution is 2.28. The molecular formula is C14H16OS. The van der Waals surface area contributed by atoms with Gasteiger partial charge < -0.3 is 5.11 Å². The van der Waals surface area contributed by atoms with E-state index in [4.69, 9.17) is 5.11 Å². The van der Waals surface area contributed by atoms with Gasteiger partial charge in [0.1, 0.15) is 0 Å². The number of hydrogen-bond acceptors (Lipinski definition) is 2. The number of aliphatic hydroxyl groups is 1. The van der Waals surface area contributed by atoms with Crippen molar-refractivity contribution in [1.29, 1.82) is 0 Å². The minimum absolute atomic E-state index is 0.278. The number of rotatable bonds is 4. The van der Waals surface area contributed by atoms with Crippen LogP contribution in [0.3, 0.4) is 0 Å². The molecule has 0 saturated heterocycles. The van der Waals surface area contributed by atoms with Crippen LogP contribution in [-0.4, -0.2) is 11.7 Å². The van der Waals surface area contributed by atoms with E-state index in [0.717, 1.165) is 12.8 Å². The summed E-state index contributed by atoms with van der Waals surface area (Å²) in [6.07, 6.45) is 14.6. The Morgan fingerprint density at radius 3 is 2.50 bits per heavy atom. The summed E-state index contributed by atoms with van der Waals surface area (Å²) in [6, 6.07) is 4.37. The molecule has 1 aromatic heterocycles. The highest BCUT2D eigenvalue weighted by Gasteiger charge is 2.08. The lowest BCUT2D eigenvalue weighted by Gasteiger charge is -2.02. The summed E-state index contributed by atoms with van der Waals surface area (Å²) in [4.78, 5) is 2.74. The second-order valence-electron chi connectivity index (χ2n) is 3.81. The van der Waals surface area contributed by atoms with Crippen LogP contribution in [0, 0.1) is 0 Å². The van der Waals surface area contributed by atoms with Gasteiger partial charge in [0.25, 0.3) is 0 Å². The van der Waals surface area contributed by atoms with E-state index >= 15 is 0 Å². The van der Waals surface area contributed by atoms with Crippen molar-refractivity contribution in [2.45, 2.75) is 18.8 Å². The van der Waals surface area contributed by atoms with Crippen molar-refractivity contribution < 1.29 is 5.11 Å². The molecule has 0 fully saturated rings. The zero-order valence-electron chi connectivity index (χ0n) is 9.17. The van der Waals surface area contributed by atoms with Crippen LogP contribution >= 0.6 is 11.3 Å². The van der Waals surface area contributed by atoms with Crippen molar-refractivity contribution >= 4 is 11.3 Å². The molecule has 0 bridgehead atoms. The zero-order chi connectivity index (χ0) is 11.2. The second kappa shape index (κ2) is 5.83. The average Bonchev–Trinajstić information content (AvgIpc) is 2.60. The Morgan fingerprint density at radius 2 is 1.81 bits per heavy atom. The van der Waals surface area contributed by atoms with Gasteiger partial charge in [-0.3, -0.25) is 0 Å². The summed E-state index contributed by atoms with van der Waals surface area (Å²) in [7, 11) is 0. The second-order valence-corrected chi connectivity index (χ2v) is 5.01. The van der Waals surface area contributed by atoms with Crippen molar-refractivity contribution in [3.05, 3.63) is 58.3 Å². The van der Waals surface area contributed by atoms with Crippen LogP contribution in [0.25, 0.3) is 0 Å². The number of allylic oxidation sites excluding steroid dienone is 6. The SMILES string of the molecule is OCCCc1ccc(C2C=CC=CC=C2)s1. The maximum atomic E-state index is 8.79. The van der Waals surface area contributed by atoms with Gasteiger partial charge in [-0.05, 0) is 25.0 Å². The van der Waals surface area contributed by atoms with E-state index in [0.29, 0.717) is 5.92 Å². The molecule has 1 N–H and O–H groups in total. The van der Waals surface area contributed by atoms with Crippen molar-refractivity contribution in [1.82, 2.24) is 0 Å². The molecule has 0 aromatic carbocycles. The fourth-order valence-electron chi connectivity index (χ4n) is 1.71. The topological polar surface area (TPSA) is 20.2 Å². The largest absolute Gasteiger partial charge is 0.396 e. The highest BCUT2D eigenvalue weighted by atomic mass is 32.1. The van der Waals surface area contributed by atoms with Crippen LogP contribution in [0.1, 0.15) is 22.1 Å². The number of aliphatic hydroxyl groups excluding tert-OH is 1. The Kier molecular flexibility index (Phi) is 4.14. The molecule has 1 nitrogen and oxygen atoms in total. The molecule has 1 aliphatic carbocycles. The molecule has 1 heterocycles. The molecule has 0 aliphatic heterocycles. The molecule has 0 amide bonds. The van der Waals surface area contributed by atoms with E-state index in [1.54, 1.807) is 0 Å². The van der Waals surface area contributed by atoms with Crippen molar-refractivity contribution in [3.8, 4) is 0 Å². The predicted octanol–water partition coefficient (Wildman–Crippen LogP) is 3.44. The van der Waals surface area contributed by atoms with E-state index < -0.39 is 0 Å². The van der Waals surface area contributed by atoms with Crippen molar-refractivity contribution in [2.24, 2.45) is 0 Å². The molecule has 1 aromatic rings. The molecule has 0 spiro atoms. The van der Waals surface area contributed by atoms with E-state index in [1.165, 1.54) is 9.75 Å². The van der Waals surface area contributed by atoms with Gasteiger partial charge >= 0.3 is 0 Å². The van der Waals surface area contributed by atoms with E-state index in [9.17, 15) is 0 Å². The van der Waals surface area contributed by atoms with E-state index in [2.05, 4.69) is 48.6 Å². The first kappa shape index (κ1) is 11.4. The van der Waals surface area contributed by atoms with Crippen molar-refractivity contribution in [2.75, 3.05) is 6.61 Å². The first-order chi connectivity index (χ1) is 7.90. The van der Waals surface area contributed by atoms with E-state index in [1.807, 2.05) is 11.3 Å². The zero-order valence-corrected chi connectivity index (χ0v) is 9.99. The van der Waals surface area contributed by atoms with Crippen LogP contribution in [0.2, 0.25) is 0 Å².